The maximum atomic E-state index is 12.4. The van der Waals surface area contributed by atoms with Gasteiger partial charge >= 0.3 is 0 Å². The Morgan fingerprint density at radius 2 is 1.85 bits per heavy atom. The van der Waals surface area contributed by atoms with Crippen molar-refractivity contribution in [3.05, 3.63) is 16.5 Å². The van der Waals surface area contributed by atoms with Gasteiger partial charge in [-0.15, -0.1) is 23.7 Å². The van der Waals surface area contributed by atoms with Crippen molar-refractivity contribution < 1.29 is 8.42 Å². The van der Waals surface area contributed by atoms with Crippen LogP contribution in [0.4, 0.5) is 0 Å². The zero-order valence-electron chi connectivity index (χ0n) is 11.7. The maximum Gasteiger partial charge on any atom is 0.250 e. The van der Waals surface area contributed by atoms with Crippen LogP contribution in [0.2, 0.25) is 0 Å². The zero-order chi connectivity index (χ0) is 13.6. The molecule has 20 heavy (non-hydrogen) atoms. The number of sulfonamides is 1. The molecule has 1 aromatic rings. The van der Waals surface area contributed by atoms with Crippen LogP contribution in [0.1, 0.15) is 36.1 Å². The standard InChI is InChI=1S/C13H20N2O2S2.ClH/c1-8-5-13(18-9(8)2)19(16,17)15-12-6-10-3-4-11(7-12)14-10;/h5,10-12,14-15H,3-4,6-7H2,1-2H3;1H. The van der Waals surface area contributed by atoms with Crippen molar-refractivity contribution in [3.8, 4) is 0 Å². The van der Waals surface area contributed by atoms with Gasteiger partial charge in [0.25, 0.3) is 0 Å². The first-order valence-corrected chi connectivity index (χ1v) is 9.09. The fourth-order valence-electron chi connectivity index (χ4n) is 3.10. The van der Waals surface area contributed by atoms with Gasteiger partial charge in [0, 0.05) is 23.0 Å². The van der Waals surface area contributed by atoms with E-state index in [4.69, 9.17) is 0 Å². The van der Waals surface area contributed by atoms with Gasteiger partial charge in [-0.2, -0.15) is 0 Å². The summed E-state index contributed by atoms with van der Waals surface area (Å²) in [5.41, 5.74) is 1.05. The van der Waals surface area contributed by atoms with Gasteiger partial charge < -0.3 is 5.32 Å². The van der Waals surface area contributed by atoms with Crippen molar-refractivity contribution in [1.82, 2.24) is 10.0 Å². The van der Waals surface area contributed by atoms with E-state index in [0.717, 1.165) is 23.3 Å². The first kappa shape index (κ1) is 16.2. The molecule has 2 aliphatic rings. The molecule has 114 valence electrons. The molecule has 7 heteroatoms. The number of halogens is 1. The molecule has 0 aromatic carbocycles. The van der Waals surface area contributed by atoms with Crippen LogP contribution in [0, 0.1) is 13.8 Å². The minimum atomic E-state index is -3.34. The van der Waals surface area contributed by atoms with Gasteiger partial charge in [0.2, 0.25) is 10.0 Å². The minimum Gasteiger partial charge on any atom is -0.311 e. The van der Waals surface area contributed by atoms with E-state index in [2.05, 4.69) is 10.0 Å². The smallest absolute Gasteiger partial charge is 0.250 e. The molecule has 0 aliphatic carbocycles. The van der Waals surface area contributed by atoms with E-state index < -0.39 is 10.0 Å². The lowest BCUT2D eigenvalue weighted by atomic mass is 10.0. The van der Waals surface area contributed by atoms with E-state index in [1.54, 1.807) is 6.07 Å². The Hall–Kier alpha value is -0.140. The fourth-order valence-corrected chi connectivity index (χ4v) is 5.90. The Labute approximate surface area is 130 Å². The van der Waals surface area contributed by atoms with Crippen LogP contribution in [-0.4, -0.2) is 26.5 Å². The molecule has 1 aromatic heterocycles. The summed E-state index contributed by atoms with van der Waals surface area (Å²) in [4.78, 5) is 1.07. The Morgan fingerprint density at radius 1 is 1.25 bits per heavy atom. The molecule has 0 radical (unpaired) electrons. The average molecular weight is 337 g/mol. The van der Waals surface area contributed by atoms with E-state index in [9.17, 15) is 8.42 Å². The molecule has 0 spiro atoms. The summed E-state index contributed by atoms with van der Waals surface area (Å²) in [6, 6.07) is 2.86. The first-order chi connectivity index (χ1) is 8.94. The number of piperidine rings is 1. The van der Waals surface area contributed by atoms with Gasteiger partial charge in [-0.05, 0) is 51.2 Å². The molecule has 0 saturated carbocycles. The second-order valence-electron chi connectivity index (χ2n) is 5.73. The molecule has 3 heterocycles. The lowest BCUT2D eigenvalue weighted by Gasteiger charge is -2.29. The van der Waals surface area contributed by atoms with Crippen LogP contribution >= 0.6 is 23.7 Å². The van der Waals surface area contributed by atoms with Crippen LogP contribution in [0.3, 0.4) is 0 Å². The SMILES string of the molecule is Cc1cc(S(=O)(=O)NC2CC3CCC(C2)N3)sc1C.Cl. The van der Waals surface area contributed by atoms with Gasteiger partial charge in [0.15, 0.2) is 0 Å². The Morgan fingerprint density at radius 3 is 2.35 bits per heavy atom. The van der Waals surface area contributed by atoms with Gasteiger partial charge in [-0.1, -0.05) is 0 Å². The average Bonchev–Trinajstić information content (AvgIpc) is 2.83. The number of hydrogen-bond donors (Lipinski definition) is 2. The summed E-state index contributed by atoms with van der Waals surface area (Å²) in [5, 5.41) is 3.53. The highest BCUT2D eigenvalue weighted by Crippen LogP contribution is 2.29. The third kappa shape index (κ3) is 3.20. The molecule has 2 unspecified atom stereocenters. The third-order valence-corrected chi connectivity index (χ3v) is 7.35. The van der Waals surface area contributed by atoms with E-state index >= 15 is 0 Å². The molecule has 2 fully saturated rings. The second-order valence-corrected chi connectivity index (χ2v) is 8.93. The predicted molar refractivity (Wildman–Crippen MR) is 84.3 cm³/mol. The number of rotatable bonds is 3. The summed E-state index contributed by atoms with van der Waals surface area (Å²) in [6.45, 7) is 3.92. The van der Waals surface area contributed by atoms with Crippen LogP contribution in [-0.2, 0) is 10.0 Å². The Bertz CT molecular complexity index is 554. The van der Waals surface area contributed by atoms with Crippen molar-refractivity contribution in [3.63, 3.8) is 0 Å². The number of hydrogen-bond acceptors (Lipinski definition) is 4. The summed E-state index contributed by atoms with van der Waals surface area (Å²) in [7, 11) is -3.34. The van der Waals surface area contributed by atoms with Crippen LogP contribution in [0.5, 0.6) is 0 Å². The normalized spacial score (nSPS) is 29.2. The zero-order valence-corrected chi connectivity index (χ0v) is 14.1. The molecular weight excluding hydrogens is 316 g/mol. The largest absolute Gasteiger partial charge is 0.311 e. The maximum absolute atomic E-state index is 12.4. The molecule has 2 saturated heterocycles. The number of thiophene rings is 1. The molecule has 3 rings (SSSR count). The Balaban J connectivity index is 0.00000147. The van der Waals surface area contributed by atoms with Crippen molar-refractivity contribution in [2.75, 3.05) is 0 Å². The molecule has 2 bridgehead atoms. The van der Waals surface area contributed by atoms with Gasteiger partial charge in [0.1, 0.15) is 4.21 Å². The molecular formula is C13H21ClN2O2S2. The number of fused-ring (bicyclic) bond motifs is 2. The molecule has 2 atom stereocenters. The van der Waals surface area contributed by atoms with Crippen LogP contribution in [0.15, 0.2) is 10.3 Å². The van der Waals surface area contributed by atoms with Crippen molar-refractivity contribution in [2.24, 2.45) is 0 Å². The summed E-state index contributed by atoms with van der Waals surface area (Å²) >= 11 is 1.36. The summed E-state index contributed by atoms with van der Waals surface area (Å²) in [5.74, 6) is 0. The highest BCUT2D eigenvalue weighted by Gasteiger charge is 2.35. The van der Waals surface area contributed by atoms with Crippen LogP contribution in [0.25, 0.3) is 0 Å². The molecule has 2 N–H and O–H groups in total. The van der Waals surface area contributed by atoms with Crippen molar-refractivity contribution in [2.45, 2.75) is 61.9 Å². The number of nitrogens with one attached hydrogen (secondary N) is 2. The lowest BCUT2D eigenvalue weighted by Crippen LogP contribution is -2.47. The van der Waals surface area contributed by atoms with Crippen LogP contribution < -0.4 is 10.0 Å². The number of aryl methyl sites for hydroxylation is 2. The van der Waals surface area contributed by atoms with E-state index in [1.807, 2.05) is 13.8 Å². The van der Waals surface area contributed by atoms with Crippen molar-refractivity contribution >= 4 is 33.8 Å². The van der Waals surface area contributed by atoms with Gasteiger partial charge in [0.05, 0.1) is 0 Å². The van der Waals surface area contributed by atoms with E-state index in [1.165, 1.54) is 24.2 Å². The molecule has 4 nitrogen and oxygen atoms in total. The molecule has 0 amide bonds. The van der Waals surface area contributed by atoms with Gasteiger partial charge in [-0.25, -0.2) is 13.1 Å². The summed E-state index contributed by atoms with van der Waals surface area (Å²) < 4.78 is 28.1. The quantitative estimate of drug-likeness (QED) is 0.890. The lowest BCUT2D eigenvalue weighted by molar-refractivity contribution is 0.345. The second kappa shape index (κ2) is 5.93. The third-order valence-electron chi connectivity index (χ3n) is 4.20. The monoisotopic (exact) mass is 336 g/mol. The van der Waals surface area contributed by atoms with E-state index in [0.29, 0.717) is 16.3 Å². The first-order valence-electron chi connectivity index (χ1n) is 6.79. The predicted octanol–water partition coefficient (Wildman–Crippen LogP) is 2.35. The van der Waals surface area contributed by atoms with Gasteiger partial charge in [-0.3, -0.25) is 0 Å². The minimum absolute atomic E-state index is 0. The topological polar surface area (TPSA) is 58.2 Å². The van der Waals surface area contributed by atoms with E-state index in [-0.39, 0.29) is 18.4 Å². The van der Waals surface area contributed by atoms with Crippen molar-refractivity contribution in [1.29, 1.82) is 0 Å². The highest BCUT2D eigenvalue weighted by atomic mass is 35.5. The highest BCUT2D eigenvalue weighted by molar-refractivity contribution is 7.91. The summed E-state index contributed by atoms with van der Waals surface area (Å²) in [6.07, 6.45) is 4.19. The fraction of sp³-hybridized carbons (Fsp3) is 0.692. The molecule has 2 aliphatic heterocycles. The Kier molecular flexibility index (Phi) is 4.81.